The number of hydrogen-bond donors (Lipinski definition) is 3. The summed E-state index contributed by atoms with van der Waals surface area (Å²) in [6.45, 7) is 1.70. The second kappa shape index (κ2) is 10.2. The van der Waals surface area contributed by atoms with Crippen molar-refractivity contribution in [2.75, 3.05) is 23.8 Å². The fourth-order valence-corrected chi connectivity index (χ4v) is 3.96. The summed E-state index contributed by atoms with van der Waals surface area (Å²) in [7, 11) is 0. The van der Waals surface area contributed by atoms with Gasteiger partial charge in [0.05, 0.1) is 19.8 Å². The minimum Gasteiger partial charge on any atom is -0.490 e. The first-order valence-electron chi connectivity index (χ1n) is 11.0. The second-order valence-corrected chi connectivity index (χ2v) is 8.06. The van der Waals surface area contributed by atoms with Crippen molar-refractivity contribution >= 4 is 23.2 Å². The van der Waals surface area contributed by atoms with Crippen molar-refractivity contribution in [3.63, 3.8) is 0 Å². The fraction of sp³-hybridized carbons (Fsp3) is 0.417. The van der Waals surface area contributed by atoms with Gasteiger partial charge in [0.15, 0.2) is 17.5 Å². The van der Waals surface area contributed by atoms with Gasteiger partial charge in [-0.1, -0.05) is 31.4 Å². The van der Waals surface area contributed by atoms with E-state index in [1.54, 1.807) is 0 Å². The highest BCUT2D eigenvalue weighted by atomic mass is 16.5. The molecular weight excluding hydrogens is 392 g/mol. The predicted molar refractivity (Wildman–Crippen MR) is 123 cm³/mol. The van der Waals surface area contributed by atoms with E-state index in [0.717, 1.165) is 54.8 Å². The van der Waals surface area contributed by atoms with Crippen molar-refractivity contribution in [3.05, 3.63) is 48.0 Å². The molecule has 164 valence electrons. The monoisotopic (exact) mass is 422 g/mol. The Morgan fingerprint density at radius 3 is 2.55 bits per heavy atom. The maximum Gasteiger partial charge on any atom is 0.227 e. The average molecular weight is 423 g/mol. The van der Waals surface area contributed by atoms with Gasteiger partial charge in [0.25, 0.3) is 0 Å². The molecule has 0 unspecified atom stereocenters. The summed E-state index contributed by atoms with van der Waals surface area (Å²) in [4.78, 5) is 16.9. The summed E-state index contributed by atoms with van der Waals surface area (Å²) < 4.78 is 11.4. The zero-order valence-electron chi connectivity index (χ0n) is 17.7. The van der Waals surface area contributed by atoms with Crippen LogP contribution in [0.25, 0.3) is 0 Å². The molecule has 7 nitrogen and oxygen atoms in total. The van der Waals surface area contributed by atoms with E-state index >= 15 is 0 Å². The lowest BCUT2D eigenvalue weighted by molar-refractivity contribution is -0.120. The van der Waals surface area contributed by atoms with Gasteiger partial charge in [0.1, 0.15) is 0 Å². The number of hydrogen-bond acceptors (Lipinski definition) is 4. The Bertz CT molecular complexity index is 938. The first-order chi connectivity index (χ1) is 15.2. The third-order valence-corrected chi connectivity index (χ3v) is 5.62. The third-order valence-electron chi connectivity index (χ3n) is 5.62. The van der Waals surface area contributed by atoms with Crippen molar-refractivity contribution < 1.29 is 14.3 Å². The molecule has 1 fully saturated rings. The molecule has 2 aromatic rings. The number of nitrogens with zero attached hydrogens (tertiary/aromatic N) is 1. The van der Waals surface area contributed by atoms with Crippen molar-refractivity contribution in [1.82, 2.24) is 0 Å². The van der Waals surface area contributed by atoms with E-state index in [-0.39, 0.29) is 11.8 Å². The Kier molecular flexibility index (Phi) is 6.92. The number of nitrogens with two attached hydrogens (primary N) is 1. The SMILES string of the molecule is NC(=NCc1cccc(NC(=O)C2CCCCC2)c1)Nc1ccc2c(c1)OCCCO2. The van der Waals surface area contributed by atoms with E-state index in [1.165, 1.54) is 6.42 Å². The lowest BCUT2D eigenvalue weighted by atomic mass is 9.88. The number of anilines is 2. The minimum absolute atomic E-state index is 0.121. The number of nitrogens with one attached hydrogen (secondary N) is 2. The van der Waals surface area contributed by atoms with Crippen LogP contribution in [0.1, 0.15) is 44.1 Å². The molecule has 2 aliphatic rings. The van der Waals surface area contributed by atoms with E-state index in [2.05, 4.69) is 15.6 Å². The first kappa shape index (κ1) is 21.0. The molecule has 0 spiro atoms. The quantitative estimate of drug-likeness (QED) is 0.493. The highest BCUT2D eigenvalue weighted by Gasteiger charge is 2.21. The summed E-state index contributed by atoms with van der Waals surface area (Å²) in [5.74, 6) is 2.01. The van der Waals surface area contributed by atoms with Crippen LogP contribution in [-0.2, 0) is 11.3 Å². The highest BCUT2D eigenvalue weighted by Crippen LogP contribution is 2.32. The predicted octanol–water partition coefficient (Wildman–Crippen LogP) is 4.29. The van der Waals surface area contributed by atoms with Gasteiger partial charge in [0, 0.05) is 29.8 Å². The van der Waals surface area contributed by atoms with Crippen LogP contribution < -0.4 is 25.8 Å². The van der Waals surface area contributed by atoms with Gasteiger partial charge in [0.2, 0.25) is 5.91 Å². The van der Waals surface area contributed by atoms with E-state index in [0.29, 0.717) is 31.5 Å². The van der Waals surface area contributed by atoms with Crippen LogP contribution in [0.15, 0.2) is 47.5 Å². The number of rotatable bonds is 5. The summed E-state index contributed by atoms with van der Waals surface area (Å²) in [5, 5.41) is 6.15. The molecule has 2 aromatic carbocycles. The molecule has 31 heavy (non-hydrogen) atoms. The third kappa shape index (κ3) is 5.90. The molecule has 1 amide bonds. The summed E-state index contributed by atoms with van der Waals surface area (Å²) in [6, 6.07) is 13.4. The first-order valence-corrected chi connectivity index (χ1v) is 11.0. The Morgan fingerprint density at radius 1 is 0.935 bits per heavy atom. The summed E-state index contributed by atoms with van der Waals surface area (Å²) >= 11 is 0. The zero-order chi connectivity index (χ0) is 21.5. The maximum atomic E-state index is 12.5. The molecule has 1 aliphatic heterocycles. The molecule has 0 aromatic heterocycles. The van der Waals surface area contributed by atoms with Crippen LogP contribution >= 0.6 is 0 Å². The molecule has 1 aliphatic carbocycles. The molecule has 7 heteroatoms. The zero-order valence-corrected chi connectivity index (χ0v) is 17.7. The largest absolute Gasteiger partial charge is 0.490 e. The topological polar surface area (TPSA) is 98.0 Å². The number of carbonyl (C=O) groups excluding carboxylic acids is 1. The molecule has 0 atom stereocenters. The summed E-state index contributed by atoms with van der Waals surface area (Å²) in [5.41, 5.74) is 8.64. The number of aliphatic imine (C=N–C) groups is 1. The van der Waals surface area contributed by atoms with Crippen molar-refractivity contribution in [3.8, 4) is 11.5 Å². The highest BCUT2D eigenvalue weighted by molar-refractivity contribution is 5.93. The Balaban J connectivity index is 1.34. The van der Waals surface area contributed by atoms with Crippen LogP contribution in [-0.4, -0.2) is 25.1 Å². The van der Waals surface area contributed by atoms with E-state index in [4.69, 9.17) is 15.2 Å². The Morgan fingerprint density at radius 2 is 1.71 bits per heavy atom. The molecule has 4 N–H and O–H groups in total. The standard InChI is InChI=1S/C24H30N4O3/c25-24(28-20-10-11-21-22(15-20)31-13-5-12-30-21)26-16-17-6-4-9-19(14-17)27-23(29)18-7-2-1-3-8-18/h4,6,9-11,14-15,18H,1-3,5,7-8,12-13,16H2,(H,27,29)(H3,25,26,28). The van der Waals surface area contributed by atoms with Crippen LogP contribution in [0.3, 0.4) is 0 Å². The lowest BCUT2D eigenvalue weighted by Gasteiger charge is -2.20. The molecule has 1 saturated carbocycles. The molecule has 0 saturated heterocycles. The number of fused-ring (bicyclic) bond motifs is 1. The van der Waals surface area contributed by atoms with Crippen molar-refractivity contribution in [2.24, 2.45) is 16.6 Å². The van der Waals surface area contributed by atoms with Gasteiger partial charge < -0.3 is 25.8 Å². The van der Waals surface area contributed by atoms with Crippen molar-refractivity contribution in [1.29, 1.82) is 0 Å². The van der Waals surface area contributed by atoms with E-state index < -0.39 is 0 Å². The number of benzene rings is 2. The number of ether oxygens (including phenoxy) is 2. The second-order valence-electron chi connectivity index (χ2n) is 8.06. The number of carbonyl (C=O) groups is 1. The lowest BCUT2D eigenvalue weighted by Crippen LogP contribution is -2.24. The van der Waals surface area contributed by atoms with Gasteiger partial charge in [-0.05, 0) is 42.7 Å². The average Bonchev–Trinajstić information content (AvgIpc) is 3.04. The van der Waals surface area contributed by atoms with Crippen LogP contribution in [0.5, 0.6) is 11.5 Å². The minimum atomic E-state index is 0.121. The van der Waals surface area contributed by atoms with Gasteiger partial charge in [-0.25, -0.2) is 4.99 Å². The van der Waals surface area contributed by atoms with Crippen LogP contribution in [0.4, 0.5) is 11.4 Å². The maximum absolute atomic E-state index is 12.5. The van der Waals surface area contributed by atoms with E-state index in [9.17, 15) is 4.79 Å². The van der Waals surface area contributed by atoms with Crippen LogP contribution in [0.2, 0.25) is 0 Å². The van der Waals surface area contributed by atoms with Gasteiger partial charge >= 0.3 is 0 Å². The van der Waals surface area contributed by atoms with Gasteiger partial charge in [-0.3, -0.25) is 4.79 Å². The molecule has 1 heterocycles. The molecule has 4 rings (SSSR count). The van der Waals surface area contributed by atoms with E-state index in [1.807, 2.05) is 42.5 Å². The van der Waals surface area contributed by atoms with Crippen LogP contribution in [0, 0.1) is 5.92 Å². The number of guanidine groups is 1. The Labute approximate surface area is 183 Å². The van der Waals surface area contributed by atoms with Crippen molar-refractivity contribution in [2.45, 2.75) is 45.1 Å². The normalized spacial score (nSPS) is 17.0. The smallest absolute Gasteiger partial charge is 0.227 e. The molecule has 0 bridgehead atoms. The number of amides is 1. The van der Waals surface area contributed by atoms with Gasteiger partial charge in [-0.2, -0.15) is 0 Å². The van der Waals surface area contributed by atoms with Gasteiger partial charge in [-0.15, -0.1) is 0 Å². The molecule has 0 radical (unpaired) electrons. The Hall–Kier alpha value is -3.22. The fourth-order valence-electron chi connectivity index (χ4n) is 3.96. The molecular formula is C24H30N4O3. The summed E-state index contributed by atoms with van der Waals surface area (Å²) in [6.07, 6.45) is 6.35.